The summed E-state index contributed by atoms with van der Waals surface area (Å²) in [5.41, 5.74) is 0.969. The average Bonchev–Trinajstić information content (AvgIpc) is 3.04. The molecule has 0 saturated heterocycles. The van der Waals surface area contributed by atoms with E-state index in [1.165, 1.54) is 0 Å². The van der Waals surface area contributed by atoms with E-state index in [0.717, 1.165) is 5.56 Å². The predicted molar refractivity (Wildman–Crippen MR) is 185 cm³/mol. The molecule has 13 nitrogen and oxygen atoms in total. The van der Waals surface area contributed by atoms with E-state index >= 15 is 0 Å². The topological polar surface area (TPSA) is 195 Å². The molecule has 6 atom stereocenters. The summed E-state index contributed by atoms with van der Waals surface area (Å²) in [5, 5.41) is 26.2. The molecule has 0 radical (unpaired) electrons. The van der Waals surface area contributed by atoms with Gasteiger partial charge >= 0.3 is 5.97 Å². The molecule has 0 bridgehead atoms. The zero-order valence-corrected chi connectivity index (χ0v) is 29.7. The second kappa shape index (κ2) is 22.5. The van der Waals surface area contributed by atoms with Crippen LogP contribution in [0.4, 0.5) is 0 Å². The molecule has 1 aromatic rings. The van der Waals surface area contributed by atoms with Crippen molar-refractivity contribution in [1.82, 2.24) is 31.9 Å². The molecule has 0 spiro atoms. The van der Waals surface area contributed by atoms with Crippen LogP contribution >= 0.6 is 0 Å². The molecule has 270 valence electrons. The number of amides is 5. The van der Waals surface area contributed by atoms with Gasteiger partial charge in [0.15, 0.2) is 0 Å². The molecule has 1 rings (SSSR count). The van der Waals surface area contributed by atoms with Crippen molar-refractivity contribution in [3.63, 3.8) is 0 Å². The minimum atomic E-state index is -0.998. The maximum absolute atomic E-state index is 13.7. The second-order valence-electron chi connectivity index (χ2n) is 12.7. The molecule has 5 amide bonds. The highest BCUT2D eigenvalue weighted by atomic mass is 16.4. The summed E-state index contributed by atoms with van der Waals surface area (Å²) in [6.07, 6.45) is 1.99. The number of carbonyl (C=O) groups excluding carboxylic acids is 5. The Morgan fingerprint density at radius 3 is 1.98 bits per heavy atom. The Morgan fingerprint density at radius 2 is 1.42 bits per heavy atom. The summed E-state index contributed by atoms with van der Waals surface area (Å²) in [6, 6.07) is 6.00. The van der Waals surface area contributed by atoms with Gasteiger partial charge in [0.1, 0.15) is 18.1 Å². The van der Waals surface area contributed by atoms with Gasteiger partial charge in [-0.1, -0.05) is 77.8 Å². The Morgan fingerprint density at radius 1 is 0.750 bits per heavy atom. The highest BCUT2D eigenvalue weighted by Crippen LogP contribution is 2.11. The molecule has 48 heavy (non-hydrogen) atoms. The number of aliphatic carboxylic acids is 1. The number of hydrogen-bond donors (Lipinski definition) is 7. The first-order valence-corrected chi connectivity index (χ1v) is 17.2. The summed E-state index contributed by atoms with van der Waals surface area (Å²) in [4.78, 5) is 76.0. The van der Waals surface area contributed by atoms with Gasteiger partial charge in [-0.25, -0.2) is 0 Å². The lowest BCUT2D eigenvalue weighted by Gasteiger charge is -2.28. The van der Waals surface area contributed by atoms with Gasteiger partial charge in [-0.05, 0) is 50.5 Å². The molecular formula is C35H58N6O7. The first kappa shape index (κ1) is 42.0. The van der Waals surface area contributed by atoms with E-state index < -0.39 is 53.9 Å². The van der Waals surface area contributed by atoms with E-state index in [1.807, 2.05) is 71.9 Å². The Kier molecular flexibility index (Phi) is 19.7. The fourth-order valence-electron chi connectivity index (χ4n) is 5.05. The third-order valence-corrected chi connectivity index (χ3v) is 8.15. The minimum absolute atomic E-state index is 0.0277. The van der Waals surface area contributed by atoms with E-state index in [1.54, 1.807) is 6.92 Å². The number of benzene rings is 1. The van der Waals surface area contributed by atoms with Crippen molar-refractivity contribution in [2.24, 2.45) is 11.8 Å². The van der Waals surface area contributed by atoms with Crippen molar-refractivity contribution in [2.75, 3.05) is 13.1 Å². The summed E-state index contributed by atoms with van der Waals surface area (Å²) >= 11 is 0. The van der Waals surface area contributed by atoms with Crippen molar-refractivity contribution < 1.29 is 33.9 Å². The van der Waals surface area contributed by atoms with Crippen LogP contribution in [0.1, 0.15) is 92.6 Å². The van der Waals surface area contributed by atoms with Gasteiger partial charge in [-0.15, -0.1) is 0 Å². The highest BCUT2D eigenvalue weighted by molar-refractivity contribution is 5.92. The van der Waals surface area contributed by atoms with Gasteiger partial charge in [0.05, 0.1) is 6.04 Å². The van der Waals surface area contributed by atoms with E-state index in [2.05, 4.69) is 31.9 Å². The SMILES string of the molecule is CCCC(NC(=O)[C@@H](NC(=O)CCCC(=O)O)[C@@H](C)CC)C(=O)N[C@H](CN[C@@H](C)C(=O)N[C@H](C(=O)NCC)C(C)C)Cc1ccccc1. The molecule has 0 heterocycles. The van der Waals surface area contributed by atoms with Crippen LogP contribution < -0.4 is 31.9 Å². The number of likely N-dealkylation sites (N-methyl/N-ethyl adjacent to an activating group) is 1. The quantitative estimate of drug-likeness (QED) is 0.0916. The minimum Gasteiger partial charge on any atom is -0.481 e. The fourth-order valence-corrected chi connectivity index (χ4v) is 5.05. The van der Waals surface area contributed by atoms with Gasteiger partial charge in [0.2, 0.25) is 29.5 Å². The monoisotopic (exact) mass is 674 g/mol. The summed E-state index contributed by atoms with van der Waals surface area (Å²) in [6.45, 7) is 13.5. The highest BCUT2D eigenvalue weighted by Gasteiger charge is 2.31. The summed E-state index contributed by atoms with van der Waals surface area (Å²) < 4.78 is 0. The van der Waals surface area contributed by atoms with E-state index in [4.69, 9.17) is 5.11 Å². The number of carbonyl (C=O) groups is 6. The molecule has 1 aromatic carbocycles. The van der Waals surface area contributed by atoms with Crippen LogP contribution in [0.25, 0.3) is 0 Å². The maximum Gasteiger partial charge on any atom is 0.303 e. The number of rotatable bonds is 23. The fraction of sp³-hybridized carbons (Fsp3) is 0.657. The zero-order valence-electron chi connectivity index (χ0n) is 29.7. The van der Waals surface area contributed by atoms with Crippen molar-refractivity contribution in [2.45, 2.75) is 124 Å². The standard InChI is InChI=1S/C35H58N6O7/c1-8-15-27(39-35(48)31(23(6)9-2)40-28(42)18-14-19-29(43)44)33(46)38-26(20-25-16-12-11-13-17-25)21-37-24(7)32(45)41-30(22(4)5)34(47)36-10-3/h11-13,16-17,22-24,26-27,30-31,37H,8-10,14-15,18-21H2,1-7H3,(H,36,47)(H,38,46)(H,39,48)(H,40,42)(H,41,45)(H,43,44)/t23-,24-,26-,27?,30-,31-/m0/s1. The number of nitrogens with one attached hydrogen (secondary N) is 6. The van der Waals surface area contributed by atoms with E-state index in [9.17, 15) is 28.8 Å². The van der Waals surface area contributed by atoms with Crippen LogP contribution in [0.15, 0.2) is 30.3 Å². The van der Waals surface area contributed by atoms with Crippen LogP contribution in [0.2, 0.25) is 0 Å². The van der Waals surface area contributed by atoms with Crippen LogP contribution in [-0.4, -0.2) is 83.9 Å². The summed E-state index contributed by atoms with van der Waals surface area (Å²) in [5.74, 6) is -3.25. The molecule has 0 aromatic heterocycles. The smallest absolute Gasteiger partial charge is 0.303 e. The largest absolute Gasteiger partial charge is 0.481 e. The van der Waals surface area contributed by atoms with Crippen LogP contribution in [0.3, 0.4) is 0 Å². The lowest BCUT2D eigenvalue weighted by molar-refractivity contribution is -0.137. The second-order valence-corrected chi connectivity index (χ2v) is 12.7. The lowest BCUT2D eigenvalue weighted by atomic mass is 9.97. The van der Waals surface area contributed by atoms with Gasteiger partial charge in [0.25, 0.3) is 0 Å². The van der Waals surface area contributed by atoms with Gasteiger partial charge in [0, 0.05) is 32.0 Å². The Labute approximate surface area is 285 Å². The molecule has 13 heteroatoms. The third kappa shape index (κ3) is 15.7. The van der Waals surface area contributed by atoms with E-state index in [0.29, 0.717) is 32.2 Å². The van der Waals surface area contributed by atoms with Crippen molar-refractivity contribution >= 4 is 35.5 Å². The lowest BCUT2D eigenvalue weighted by Crippen LogP contribution is -2.58. The zero-order chi connectivity index (χ0) is 36.2. The molecule has 0 aliphatic rings. The Hall–Kier alpha value is -4.00. The van der Waals surface area contributed by atoms with Crippen molar-refractivity contribution in [1.29, 1.82) is 0 Å². The van der Waals surface area contributed by atoms with Crippen LogP contribution in [0.5, 0.6) is 0 Å². The number of carboxylic acid groups (broad SMARTS) is 1. The predicted octanol–water partition coefficient (Wildman–Crippen LogP) is 2.04. The van der Waals surface area contributed by atoms with Gasteiger partial charge < -0.3 is 37.0 Å². The normalized spacial score (nSPS) is 14.8. The first-order valence-electron chi connectivity index (χ1n) is 17.2. The maximum atomic E-state index is 13.7. The molecular weight excluding hydrogens is 616 g/mol. The first-order chi connectivity index (χ1) is 22.7. The van der Waals surface area contributed by atoms with Gasteiger partial charge in [-0.3, -0.25) is 28.8 Å². The average molecular weight is 675 g/mol. The number of carboxylic acids is 1. The molecule has 0 fully saturated rings. The third-order valence-electron chi connectivity index (χ3n) is 8.15. The van der Waals surface area contributed by atoms with Crippen molar-refractivity contribution in [3.8, 4) is 0 Å². The number of hydrogen-bond acceptors (Lipinski definition) is 7. The Bertz CT molecular complexity index is 1180. The van der Waals surface area contributed by atoms with Gasteiger partial charge in [-0.2, -0.15) is 0 Å². The summed E-state index contributed by atoms with van der Waals surface area (Å²) in [7, 11) is 0. The molecule has 0 aliphatic carbocycles. The van der Waals surface area contributed by atoms with Crippen LogP contribution in [0, 0.1) is 11.8 Å². The molecule has 7 N–H and O–H groups in total. The molecule has 0 aliphatic heterocycles. The van der Waals surface area contributed by atoms with E-state index in [-0.39, 0.29) is 49.5 Å². The molecule has 1 unspecified atom stereocenters. The van der Waals surface area contributed by atoms with Crippen molar-refractivity contribution in [3.05, 3.63) is 35.9 Å². The molecule has 0 saturated carbocycles. The van der Waals surface area contributed by atoms with Crippen LogP contribution in [-0.2, 0) is 35.2 Å². The Balaban J connectivity index is 3.05.